The molecule has 0 aromatic rings. The SMILES string of the molecule is CSC1(CNC(=O)C(C)CN)CC1. The second-order valence-electron chi connectivity index (χ2n) is 3.74. The largest absolute Gasteiger partial charge is 0.354 e. The van der Waals surface area contributed by atoms with E-state index in [1.807, 2.05) is 18.7 Å². The molecule has 0 heterocycles. The van der Waals surface area contributed by atoms with Gasteiger partial charge in [-0.1, -0.05) is 6.92 Å². The van der Waals surface area contributed by atoms with E-state index in [1.165, 1.54) is 12.8 Å². The number of nitrogens with two attached hydrogens (primary N) is 1. The average molecular weight is 202 g/mol. The van der Waals surface area contributed by atoms with Gasteiger partial charge in [0, 0.05) is 23.8 Å². The maximum Gasteiger partial charge on any atom is 0.224 e. The first-order valence-electron chi connectivity index (χ1n) is 4.66. The highest BCUT2D eigenvalue weighted by Crippen LogP contribution is 2.46. The summed E-state index contributed by atoms with van der Waals surface area (Å²) in [5.74, 6) is 0.0282. The molecular weight excluding hydrogens is 184 g/mol. The number of carbonyl (C=O) groups is 1. The summed E-state index contributed by atoms with van der Waals surface area (Å²) in [5, 5.41) is 2.95. The number of thioether (sulfide) groups is 1. The summed E-state index contributed by atoms with van der Waals surface area (Å²) in [4.78, 5) is 11.4. The predicted molar refractivity (Wildman–Crippen MR) is 56.7 cm³/mol. The lowest BCUT2D eigenvalue weighted by Crippen LogP contribution is -2.37. The zero-order valence-corrected chi connectivity index (χ0v) is 9.12. The summed E-state index contributed by atoms with van der Waals surface area (Å²) < 4.78 is 0.351. The van der Waals surface area contributed by atoms with Crippen LogP contribution in [0.4, 0.5) is 0 Å². The highest BCUT2D eigenvalue weighted by Gasteiger charge is 2.42. The topological polar surface area (TPSA) is 55.1 Å². The van der Waals surface area contributed by atoms with E-state index in [0.717, 1.165) is 6.54 Å². The van der Waals surface area contributed by atoms with Crippen molar-refractivity contribution < 1.29 is 4.79 Å². The van der Waals surface area contributed by atoms with Crippen LogP contribution in [0.5, 0.6) is 0 Å². The lowest BCUT2D eigenvalue weighted by atomic mass is 10.1. The van der Waals surface area contributed by atoms with E-state index in [4.69, 9.17) is 5.73 Å². The van der Waals surface area contributed by atoms with Gasteiger partial charge in [0.1, 0.15) is 0 Å². The van der Waals surface area contributed by atoms with Crippen molar-refractivity contribution in [1.29, 1.82) is 0 Å². The minimum Gasteiger partial charge on any atom is -0.354 e. The van der Waals surface area contributed by atoms with Crippen molar-refractivity contribution in [3.63, 3.8) is 0 Å². The van der Waals surface area contributed by atoms with Crippen LogP contribution in [0, 0.1) is 5.92 Å². The molecule has 13 heavy (non-hydrogen) atoms. The van der Waals surface area contributed by atoms with Crippen molar-refractivity contribution in [1.82, 2.24) is 5.32 Å². The highest BCUT2D eigenvalue weighted by atomic mass is 32.2. The van der Waals surface area contributed by atoms with E-state index in [2.05, 4.69) is 11.6 Å². The van der Waals surface area contributed by atoms with Gasteiger partial charge in [-0.2, -0.15) is 11.8 Å². The van der Waals surface area contributed by atoms with Gasteiger partial charge in [0.15, 0.2) is 0 Å². The second-order valence-corrected chi connectivity index (χ2v) is 5.02. The zero-order chi connectivity index (χ0) is 9.90. The van der Waals surface area contributed by atoms with Crippen LogP contribution in [-0.4, -0.2) is 30.0 Å². The maximum atomic E-state index is 11.4. The van der Waals surface area contributed by atoms with Crippen molar-refractivity contribution in [2.75, 3.05) is 19.3 Å². The summed E-state index contributed by atoms with van der Waals surface area (Å²) in [6.07, 6.45) is 4.56. The molecule has 1 unspecified atom stereocenters. The molecule has 0 aliphatic heterocycles. The van der Waals surface area contributed by atoms with Crippen molar-refractivity contribution >= 4 is 17.7 Å². The van der Waals surface area contributed by atoms with E-state index in [-0.39, 0.29) is 11.8 Å². The van der Waals surface area contributed by atoms with Crippen LogP contribution in [0.3, 0.4) is 0 Å². The van der Waals surface area contributed by atoms with Gasteiger partial charge in [-0.3, -0.25) is 4.79 Å². The Balaban J connectivity index is 2.22. The first-order valence-corrected chi connectivity index (χ1v) is 5.89. The number of rotatable bonds is 5. The standard InChI is InChI=1S/C9H18N2OS/c1-7(5-10)8(12)11-6-9(13-2)3-4-9/h7H,3-6,10H2,1-2H3,(H,11,12). The molecule has 3 N–H and O–H groups in total. The first-order chi connectivity index (χ1) is 6.13. The normalized spacial score (nSPS) is 20.8. The summed E-state index contributed by atoms with van der Waals surface area (Å²) in [6.45, 7) is 3.09. The Kier molecular flexibility index (Phi) is 3.62. The summed E-state index contributed by atoms with van der Waals surface area (Å²) in [7, 11) is 0. The van der Waals surface area contributed by atoms with Gasteiger partial charge in [-0.05, 0) is 19.1 Å². The smallest absolute Gasteiger partial charge is 0.224 e. The summed E-state index contributed by atoms with van der Waals surface area (Å²) in [6, 6.07) is 0. The fraction of sp³-hybridized carbons (Fsp3) is 0.889. The van der Waals surface area contributed by atoms with Gasteiger partial charge >= 0.3 is 0 Å². The minimum atomic E-state index is -0.0577. The van der Waals surface area contributed by atoms with Crippen LogP contribution >= 0.6 is 11.8 Å². The lowest BCUT2D eigenvalue weighted by molar-refractivity contribution is -0.124. The van der Waals surface area contributed by atoms with Gasteiger partial charge in [0.2, 0.25) is 5.91 Å². The number of hydrogen-bond acceptors (Lipinski definition) is 3. The Morgan fingerprint density at radius 2 is 2.31 bits per heavy atom. The molecule has 1 saturated carbocycles. The van der Waals surface area contributed by atoms with Gasteiger partial charge in [0.05, 0.1) is 0 Å². The third kappa shape index (κ3) is 2.88. The van der Waals surface area contributed by atoms with E-state index < -0.39 is 0 Å². The Hall–Kier alpha value is -0.220. The predicted octanol–water partition coefficient (Wildman–Crippen LogP) is 0.593. The molecule has 0 aromatic heterocycles. The van der Waals surface area contributed by atoms with Crippen molar-refractivity contribution in [2.45, 2.75) is 24.5 Å². The third-order valence-electron chi connectivity index (χ3n) is 2.63. The molecule has 1 atom stereocenters. The molecule has 1 aliphatic rings. The van der Waals surface area contributed by atoms with Gasteiger partial charge in [-0.15, -0.1) is 0 Å². The summed E-state index contributed by atoms with van der Waals surface area (Å²) >= 11 is 1.85. The fourth-order valence-corrected chi connectivity index (χ4v) is 1.85. The fourth-order valence-electron chi connectivity index (χ4n) is 1.12. The minimum absolute atomic E-state index is 0.0577. The Bertz CT molecular complexity index is 192. The van der Waals surface area contributed by atoms with Crippen LogP contribution in [0.1, 0.15) is 19.8 Å². The van der Waals surface area contributed by atoms with Crippen LogP contribution in [0.2, 0.25) is 0 Å². The third-order valence-corrected chi connectivity index (χ3v) is 4.05. The van der Waals surface area contributed by atoms with E-state index in [0.29, 0.717) is 11.3 Å². The molecular formula is C9H18N2OS. The van der Waals surface area contributed by atoms with Gasteiger partial charge < -0.3 is 11.1 Å². The van der Waals surface area contributed by atoms with Crippen LogP contribution in [0.15, 0.2) is 0 Å². The summed E-state index contributed by atoms with van der Waals surface area (Å²) in [5.41, 5.74) is 5.39. The molecule has 76 valence electrons. The number of nitrogens with one attached hydrogen (secondary N) is 1. The Morgan fingerprint density at radius 3 is 2.69 bits per heavy atom. The number of carbonyl (C=O) groups excluding carboxylic acids is 1. The number of amides is 1. The maximum absolute atomic E-state index is 11.4. The van der Waals surface area contributed by atoms with E-state index in [1.54, 1.807) is 0 Å². The molecule has 0 radical (unpaired) electrons. The second kappa shape index (κ2) is 4.33. The highest BCUT2D eigenvalue weighted by molar-refractivity contribution is 8.00. The van der Waals surface area contributed by atoms with Crippen molar-refractivity contribution in [3.8, 4) is 0 Å². The first kappa shape index (κ1) is 10.9. The molecule has 1 fully saturated rings. The molecule has 0 bridgehead atoms. The van der Waals surface area contributed by atoms with Gasteiger partial charge in [-0.25, -0.2) is 0 Å². The van der Waals surface area contributed by atoms with Crippen molar-refractivity contribution in [3.05, 3.63) is 0 Å². The Morgan fingerprint density at radius 1 is 1.69 bits per heavy atom. The van der Waals surface area contributed by atoms with Crippen molar-refractivity contribution in [2.24, 2.45) is 11.7 Å². The Labute approximate surface area is 83.8 Å². The molecule has 0 saturated heterocycles. The molecule has 0 spiro atoms. The molecule has 1 rings (SSSR count). The van der Waals surface area contributed by atoms with E-state index >= 15 is 0 Å². The average Bonchev–Trinajstić information content (AvgIpc) is 2.93. The molecule has 1 amide bonds. The monoisotopic (exact) mass is 202 g/mol. The molecule has 1 aliphatic carbocycles. The quantitative estimate of drug-likeness (QED) is 0.686. The molecule has 0 aromatic carbocycles. The van der Waals surface area contributed by atoms with Crippen LogP contribution in [-0.2, 0) is 4.79 Å². The van der Waals surface area contributed by atoms with E-state index in [9.17, 15) is 4.79 Å². The number of hydrogen-bond donors (Lipinski definition) is 2. The molecule has 3 nitrogen and oxygen atoms in total. The van der Waals surface area contributed by atoms with Crippen LogP contribution < -0.4 is 11.1 Å². The lowest BCUT2D eigenvalue weighted by Gasteiger charge is -2.15. The van der Waals surface area contributed by atoms with Gasteiger partial charge in [0.25, 0.3) is 0 Å². The zero-order valence-electron chi connectivity index (χ0n) is 8.30. The van der Waals surface area contributed by atoms with Crippen LogP contribution in [0.25, 0.3) is 0 Å². The molecule has 4 heteroatoms.